The smallest absolute Gasteiger partial charge is 0.00610 e. The van der Waals surface area contributed by atoms with Gasteiger partial charge in [0.05, 0.1) is 0 Å². The van der Waals surface area contributed by atoms with Crippen LogP contribution >= 0.6 is 0 Å². The summed E-state index contributed by atoms with van der Waals surface area (Å²) in [5.41, 5.74) is 6.06. The molecule has 0 saturated heterocycles. The highest BCUT2D eigenvalue weighted by Crippen LogP contribution is 2.32. The Bertz CT molecular complexity index is 432. The average molecular weight is 275 g/mol. The van der Waals surface area contributed by atoms with Crippen LogP contribution in [-0.2, 0) is 0 Å². The maximum atomic E-state index is 2.38. The van der Waals surface area contributed by atoms with Crippen LogP contribution in [0.25, 0.3) is 0 Å². The zero-order valence-corrected chi connectivity index (χ0v) is 14.7. The van der Waals surface area contributed by atoms with E-state index < -0.39 is 0 Å². The third-order valence-electron chi connectivity index (χ3n) is 4.78. The van der Waals surface area contributed by atoms with E-state index in [0.717, 1.165) is 0 Å². The molecule has 1 aromatic carbocycles. The van der Waals surface area contributed by atoms with Gasteiger partial charge in [0.1, 0.15) is 0 Å². The molecular weight excluding hydrogens is 242 g/mol. The van der Waals surface area contributed by atoms with Gasteiger partial charge in [-0.2, -0.15) is 0 Å². The molecule has 0 bridgehead atoms. The summed E-state index contributed by atoms with van der Waals surface area (Å²) in [6, 6.07) is 5.32. The Kier molecular flexibility index (Phi) is 6.26. The number of nitrogens with zero attached hydrogens (tertiary/aromatic N) is 1. The summed E-state index contributed by atoms with van der Waals surface area (Å²) in [5, 5.41) is 0. The second kappa shape index (κ2) is 7.26. The van der Waals surface area contributed by atoms with Gasteiger partial charge in [0.15, 0.2) is 0 Å². The van der Waals surface area contributed by atoms with E-state index in [4.69, 9.17) is 0 Å². The highest BCUT2D eigenvalue weighted by Gasteiger charge is 2.16. The Morgan fingerprint density at radius 1 is 0.950 bits per heavy atom. The minimum atomic E-state index is 0.614. The highest BCUT2D eigenvalue weighted by molar-refractivity contribution is 5.43. The van der Waals surface area contributed by atoms with Gasteiger partial charge >= 0.3 is 0 Å². The first-order valence-electron chi connectivity index (χ1n) is 8.02. The van der Waals surface area contributed by atoms with Crippen molar-refractivity contribution in [2.24, 2.45) is 0 Å². The Morgan fingerprint density at radius 3 is 2.05 bits per heavy atom. The Hall–Kier alpha value is -0.820. The van der Waals surface area contributed by atoms with Crippen molar-refractivity contribution < 1.29 is 0 Å². The fourth-order valence-electron chi connectivity index (χ4n) is 3.21. The second-order valence-electron chi connectivity index (χ2n) is 6.96. The topological polar surface area (TPSA) is 3.24 Å². The molecule has 20 heavy (non-hydrogen) atoms. The van der Waals surface area contributed by atoms with Crippen molar-refractivity contribution in [1.82, 2.24) is 4.90 Å². The minimum Gasteiger partial charge on any atom is -0.307 e. The van der Waals surface area contributed by atoms with Gasteiger partial charge in [0.2, 0.25) is 0 Å². The predicted molar refractivity (Wildman–Crippen MR) is 90.8 cm³/mol. The zero-order chi connectivity index (χ0) is 15.4. The van der Waals surface area contributed by atoms with Crippen LogP contribution < -0.4 is 0 Å². The Balaban J connectivity index is 2.89. The zero-order valence-electron chi connectivity index (χ0n) is 14.7. The molecule has 0 fully saturated rings. The lowest BCUT2D eigenvalue weighted by molar-refractivity contribution is 0.289. The van der Waals surface area contributed by atoms with Crippen molar-refractivity contribution in [3.05, 3.63) is 34.4 Å². The van der Waals surface area contributed by atoms with Crippen LogP contribution in [0, 0.1) is 13.8 Å². The number of benzene rings is 1. The van der Waals surface area contributed by atoms with E-state index in [-0.39, 0.29) is 0 Å². The lowest BCUT2D eigenvalue weighted by Gasteiger charge is -2.24. The number of aryl methyl sites for hydroxylation is 1. The third-order valence-corrected chi connectivity index (χ3v) is 4.78. The van der Waals surface area contributed by atoms with Crippen molar-refractivity contribution in [3.8, 4) is 0 Å². The molecule has 0 saturated carbocycles. The number of rotatable bonds is 6. The van der Waals surface area contributed by atoms with Crippen molar-refractivity contribution in [2.45, 2.75) is 72.3 Å². The molecule has 1 nitrogen and oxygen atoms in total. The van der Waals surface area contributed by atoms with Crippen molar-refractivity contribution in [1.29, 1.82) is 0 Å². The van der Waals surface area contributed by atoms with Gasteiger partial charge < -0.3 is 4.90 Å². The van der Waals surface area contributed by atoms with Crippen LogP contribution in [0.15, 0.2) is 12.1 Å². The van der Waals surface area contributed by atoms with E-state index in [1.54, 1.807) is 11.1 Å². The highest BCUT2D eigenvalue weighted by atomic mass is 15.1. The number of hydrogen-bond acceptors (Lipinski definition) is 1. The Morgan fingerprint density at radius 2 is 1.55 bits per heavy atom. The van der Waals surface area contributed by atoms with Gasteiger partial charge in [-0.1, -0.05) is 32.9 Å². The molecule has 0 N–H and O–H groups in total. The molecular formula is C19H33N. The molecule has 1 heteroatoms. The molecule has 114 valence electrons. The molecule has 1 unspecified atom stereocenters. The van der Waals surface area contributed by atoms with Gasteiger partial charge in [-0.25, -0.2) is 0 Å². The molecule has 0 radical (unpaired) electrons. The SMILES string of the molecule is Cc1ccc(C(C)CC[C@@H](C)N(C)C)c(C)c1C(C)C. The predicted octanol–water partition coefficient (Wildman–Crippen LogP) is 5.26. The molecule has 0 heterocycles. The monoisotopic (exact) mass is 275 g/mol. The van der Waals surface area contributed by atoms with Gasteiger partial charge in [-0.3, -0.25) is 0 Å². The first-order valence-corrected chi connectivity index (χ1v) is 8.02. The standard InChI is InChI=1S/C19H33N/c1-13(2)19-15(4)10-12-18(17(19)6)14(3)9-11-16(5)20(7)8/h10,12-14,16H,9,11H2,1-8H3/t14?,16-/m1/s1. The molecule has 2 atom stereocenters. The van der Waals surface area contributed by atoms with E-state index in [9.17, 15) is 0 Å². The summed E-state index contributed by atoms with van der Waals surface area (Å²) in [6.07, 6.45) is 2.53. The quantitative estimate of drug-likeness (QED) is 0.684. The van der Waals surface area contributed by atoms with Gasteiger partial charge in [0.25, 0.3) is 0 Å². The van der Waals surface area contributed by atoms with Crippen LogP contribution in [0.1, 0.15) is 74.6 Å². The first-order chi connectivity index (χ1) is 9.25. The molecule has 0 amide bonds. The van der Waals surface area contributed by atoms with Gasteiger partial charge in [0, 0.05) is 6.04 Å². The van der Waals surface area contributed by atoms with Crippen LogP contribution in [0.3, 0.4) is 0 Å². The summed E-state index contributed by atoms with van der Waals surface area (Å²) < 4.78 is 0. The first kappa shape index (κ1) is 17.2. The molecule has 0 aliphatic heterocycles. The molecule has 0 aliphatic rings. The summed E-state index contributed by atoms with van der Waals surface area (Å²) >= 11 is 0. The van der Waals surface area contributed by atoms with E-state index in [2.05, 4.69) is 72.7 Å². The van der Waals surface area contributed by atoms with Gasteiger partial charge in [-0.05, 0) is 81.8 Å². The Labute approximate surface area is 126 Å². The van der Waals surface area contributed by atoms with Crippen LogP contribution in [0.2, 0.25) is 0 Å². The second-order valence-corrected chi connectivity index (χ2v) is 6.96. The lowest BCUT2D eigenvalue weighted by Crippen LogP contribution is -2.24. The molecule has 0 spiro atoms. The maximum Gasteiger partial charge on any atom is 0.00610 e. The van der Waals surface area contributed by atoms with Crippen LogP contribution in [0.4, 0.5) is 0 Å². The fraction of sp³-hybridized carbons (Fsp3) is 0.684. The summed E-state index contributed by atoms with van der Waals surface area (Å²) in [7, 11) is 4.34. The van der Waals surface area contributed by atoms with Crippen LogP contribution in [0.5, 0.6) is 0 Å². The van der Waals surface area contributed by atoms with E-state index in [0.29, 0.717) is 17.9 Å². The maximum absolute atomic E-state index is 2.38. The van der Waals surface area contributed by atoms with E-state index in [1.165, 1.54) is 24.0 Å². The lowest BCUT2D eigenvalue weighted by atomic mass is 9.84. The largest absolute Gasteiger partial charge is 0.307 e. The van der Waals surface area contributed by atoms with Crippen molar-refractivity contribution in [3.63, 3.8) is 0 Å². The minimum absolute atomic E-state index is 0.614. The van der Waals surface area contributed by atoms with E-state index in [1.807, 2.05) is 0 Å². The molecule has 0 aromatic heterocycles. The van der Waals surface area contributed by atoms with Crippen molar-refractivity contribution >= 4 is 0 Å². The summed E-state index contributed by atoms with van der Waals surface area (Å²) in [6.45, 7) is 13.8. The van der Waals surface area contributed by atoms with Gasteiger partial charge in [-0.15, -0.1) is 0 Å². The molecule has 1 rings (SSSR count). The average Bonchev–Trinajstić information content (AvgIpc) is 2.35. The third kappa shape index (κ3) is 4.09. The summed E-state index contributed by atoms with van der Waals surface area (Å²) in [4.78, 5) is 2.31. The van der Waals surface area contributed by atoms with Crippen molar-refractivity contribution in [2.75, 3.05) is 14.1 Å². The normalized spacial score (nSPS) is 14.9. The molecule has 1 aromatic rings. The number of hydrogen-bond donors (Lipinski definition) is 0. The fourth-order valence-corrected chi connectivity index (χ4v) is 3.21. The van der Waals surface area contributed by atoms with E-state index >= 15 is 0 Å². The molecule has 0 aliphatic carbocycles. The van der Waals surface area contributed by atoms with Crippen LogP contribution in [-0.4, -0.2) is 25.0 Å². The summed E-state index contributed by atoms with van der Waals surface area (Å²) in [5.74, 6) is 1.26.